The van der Waals surface area contributed by atoms with Crippen LogP contribution in [0.4, 0.5) is 10.3 Å². The molecule has 0 saturated carbocycles. The zero-order valence-corrected chi connectivity index (χ0v) is 12.8. The fourth-order valence-electron chi connectivity index (χ4n) is 2.23. The lowest BCUT2D eigenvalue weighted by Gasteiger charge is -2.06. The molecule has 106 valence electrons. The first-order valence-electron chi connectivity index (χ1n) is 6.34. The van der Waals surface area contributed by atoms with E-state index in [0.717, 1.165) is 21.2 Å². The summed E-state index contributed by atoms with van der Waals surface area (Å²) in [7, 11) is 0. The molecule has 0 aliphatic heterocycles. The predicted octanol–water partition coefficient (Wildman–Crippen LogP) is 4.80. The number of benzene rings is 2. The molecule has 0 atom stereocenters. The maximum Gasteiger partial charge on any atom is 0.230 e. The largest absolute Gasteiger partial charge is 0.367 e. The van der Waals surface area contributed by atoms with Gasteiger partial charge in [0.1, 0.15) is 11.5 Å². The number of nitrogen functional groups attached to an aromatic ring is 1. The van der Waals surface area contributed by atoms with Crippen molar-refractivity contribution in [3.63, 3.8) is 0 Å². The number of hydrogen-bond acceptors (Lipinski definition) is 3. The second kappa shape index (κ2) is 5.33. The third-order valence-electron chi connectivity index (χ3n) is 3.31. The summed E-state index contributed by atoms with van der Waals surface area (Å²) in [6.45, 7) is 1.99. The van der Waals surface area contributed by atoms with E-state index < -0.39 is 0 Å². The van der Waals surface area contributed by atoms with Crippen LogP contribution in [0.3, 0.4) is 0 Å². The highest BCUT2D eigenvalue weighted by Crippen LogP contribution is 2.38. The first-order chi connectivity index (χ1) is 10.1. The molecule has 3 aromatic rings. The van der Waals surface area contributed by atoms with Gasteiger partial charge in [-0.15, -0.1) is 0 Å². The quantitative estimate of drug-likeness (QED) is 0.724. The van der Waals surface area contributed by atoms with Gasteiger partial charge in [0.05, 0.1) is 5.56 Å². The van der Waals surface area contributed by atoms with E-state index >= 15 is 0 Å². The second-order valence-corrected chi connectivity index (χ2v) is 5.65. The number of hydrogen-bond donors (Lipinski definition) is 1. The average Bonchev–Trinajstić information content (AvgIpc) is 2.84. The Balaban J connectivity index is 2.21. The van der Waals surface area contributed by atoms with Crippen molar-refractivity contribution < 1.29 is 8.91 Å². The molecule has 0 aliphatic rings. The molecule has 3 nitrogen and oxygen atoms in total. The number of halogens is 2. The fourth-order valence-corrected chi connectivity index (χ4v) is 2.59. The summed E-state index contributed by atoms with van der Waals surface area (Å²) in [5.74, 6) is -0.0788. The highest BCUT2D eigenvalue weighted by atomic mass is 79.9. The second-order valence-electron chi connectivity index (χ2n) is 4.74. The molecular weight excluding hydrogens is 335 g/mol. The van der Waals surface area contributed by atoms with E-state index in [0.29, 0.717) is 11.3 Å². The Morgan fingerprint density at radius 2 is 1.86 bits per heavy atom. The summed E-state index contributed by atoms with van der Waals surface area (Å²) in [5.41, 5.74) is 9.97. The molecule has 2 aromatic carbocycles. The Bertz CT molecular complexity index is 797. The van der Waals surface area contributed by atoms with Gasteiger partial charge in [-0.3, -0.25) is 0 Å². The fraction of sp³-hybridized carbons (Fsp3) is 0.0625. The lowest BCUT2D eigenvalue weighted by atomic mass is 9.98. The zero-order valence-electron chi connectivity index (χ0n) is 11.2. The van der Waals surface area contributed by atoms with E-state index in [9.17, 15) is 4.39 Å². The SMILES string of the molecule is Cc1ccc(Br)cc1-c1noc(N)c1-c1ccc(F)cc1. The summed E-state index contributed by atoms with van der Waals surface area (Å²) in [4.78, 5) is 0. The molecule has 0 unspecified atom stereocenters. The molecule has 0 aliphatic carbocycles. The minimum atomic E-state index is -0.297. The van der Waals surface area contributed by atoms with Crippen LogP contribution in [-0.2, 0) is 0 Å². The van der Waals surface area contributed by atoms with E-state index in [4.69, 9.17) is 10.3 Å². The number of nitrogens with zero attached hydrogens (tertiary/aromatic N) is 1. The molecule has 5 heteroatoms. The molecule has 2 N–H and O–H groups in total. The van der Waals surface area contributed by atoms with Crippen molar-refractivity contribution in [2.75, 3.05) is 5.73 Å². The van der Waals surface area contributed by atoms with Gasteiger partial charge in [0.15, 0.2) is 0 Å². The molecule has 0 saturated heterocycles. The number of rotatable bonds is 2. The van der Waals surface area contributed by atoms with Crippen LogP contribution in [0.5, 0.6) is 0 Å². The van der Waals surface area contributed by atoms with Crippen molar-refractivity contribution in [2.45, 2.75) is 6.92 Å². The highest BCUT2D eigenvalue weighted by Gasteiger charge is 2.19. The smallest absolute Gasteiger partial charge is 0.230 e. The zero-order chi connectivity index (χ0) is 15.0. The number of anilines is 1. The van der Waals surface area contributed by atoms with Crippen LogP contribution in [0, 0.1) is 12.7 Å². The van der Waals surface area contributed by atoms with Crippen LogP contribution in [0.1, 0.15) is 5.56 Å². The monoisotopic (exact) mass is 346 g/mol. The molecule has 0 spiro atoms. The summed E-state index contributed by atoms with van der Waals surface area (Å²) in [6.07, 6.45) is 0. The van der Waals surface area contributed by atoms with Crippen molar-refractivity contribution >= 4 is 21.8 Å². The van der Waals surface area contributed by atoms with E-state index in [2.05, 4.69) is 21.1 Å². The van der Waals surface area contributed by atoms with E-state index in [1.54, 1.807) is 12.1 Å². The van der Waals surface area contributed by atoms with Gasteiger partial charge in [-0.05, 0) is 42.3 Å². The van der Waals surface area contributed by atoms with Crippen LogP contribution in [0.25, 0.3) is 22.4 Å². The van der Waals surface area contributed by atoms with E-state index in [1.165, 1.54) is 12.1 Å². The number of nitrogens with two attached hydrogens (primary N) is 1. The summed E-state index contributed by atoms with van der Waals surface area (Å²) < 4.78 is 19.2. The third-order valence-corrected chi connectivity index (χ3v) is 3.80. The lowest BCUT2D eigenvalue weighted by molar-refractivity contribution is 0.439. The molecule has 0 bridgehead atoms. The summed E-state index contributed by atoms with van der Waals surface area (Å²) in [5, 5.41) is 4.07. The lowest BCUT2D eigenvalue weighted by Crippen LogP contribution is -1.90. The Kier molecular flexibility index (Phi) is 3.51. The van der Waals surface area contributed by atoms with Crippen LogP contribution >= 0.6 is 15.9 Å². The van der Waals surface area contributed by atoms with Crippen LogP contribution in [0.15, 0.2) is 51.5 Å². The Labute approximate surface area is 129 Å². The van der Waals surface area contributed by atoms with Crippen molar-refractivity contribution in [1.29, 1.82) is 0 Å². The molecule has 0 amide bonds. The van der Waals surface area contributed by atoms with Crippen molar-refractivity contribution in [1.82, 2.24) is 5.16 Å². The summed E-state index contributed by atoms with van der Waals surface area (Å²) in [6, 6.07) is 12.0. The predicted molar refractivity (Wildman–Crippen MR) is 84.2 cm³/mol. The number of aromatic nitrogens is 1. The Morgan fingerprint density at radius 3 is 2.57 bits per heavy atom. The van der Waals surface area contributed by atoms with E-state index in [-0.39, 0.29) is 11.7 Å². The van der Waals surface area contributed by atoms with Crippen LogP contribution < -0.4 is 5.73 Å². The van der Waals surface area contributed by atoms with Crippen LogP contribution in [0.2, 0.25) is 0 Å². The molecule has 0 fully saturated rings. The Hall–Kier alpha value is -2.14. The van der Waals surface area contributed by atoms with Crippen LogP contribution in [-0.4, -0.2) is 5.16 Å². The minimum Gasteiger partial charge on any atom is -0.367 e. The normalized spacial score (nSPS) is 10.8. The van der Waals surface area contributed by atoms with Gasteiger partial charge in [-0.25, -0.2) is 4.39 Å². The van der Waals surface area contributed by atoms with Gasteiger partial charge >= 0.3 is 0 Å². The summed E-state index contributed by atoms with van der Waals surface area (Å²) >= 11 is 3.45. The Morgan fingerprint density at radius 1 is 1.14 bits per heavy atom. The van der Waals surface area contributed by atoms with Gasteiger partial charge in [-0.2, -0.15) is 0 Å². The third kappa shape index (κ3) is 2.56. The molecule has 1 heterocycles. The van der Waals surface area contributed by atoms with Crippen molar-refractivity contribution in [3.05, 3.63) is 58.3 Å². The molecular formula is C16H12BrFN2O. The van der Waals surface area contributed by atoms with E-state index in [1.807, 2.05) is 25.1 Å². The average molecular weight is 347 g/mol. The first-order valence-corrected chi connectivity index (χ1v) is 7.13. The van der Waals surface area contributed by atoms with Gasteiger partial charge in [0.2, 0.25) is 5.88 Å². The highest BCUT2D eigenvalue weighted by molar-refractivity contribution is 9.10. The number of aryl methyl sites for hydroxylation is 1. The maximum absolute atomic E-state index is 13.1. The molecule has 0 radical (unpaired) electrons. The molecule has 3 rings (SSSR count). The maximum atomic E-state index is 13.1. The topological polar surface area (TPSA) is 52.0 Å². The first kappa shape index (κ1) is 13.8. The van der Waals surface area contributed by atoms with Gasteiger partial charge in [-0.1, -0.05) is 39.3 Å². The van der Waals surface area contributed by atoms with Crippen molar-refractivity contribution in [2.24, 2.45) is 0 Å². The minimum absolute atomic E-state index is 0.219. The standard InChI is InChI=1S/C16H12BrFN2O/c1-9-2-5-11(17)8-13(9)15-14(16(19)21-20-15)10-3-6-12(18)7-4-10/h2-8H,19H2,1H3. The van der Waals surface area contributed by atoms with Gasteiger partial charge in [0, 0.05) is 10.0 Å². The van der Waals surface area contributed by atoms with Crippen molar-refractivity contribution in [3.8, 4) is 22.4 Å². The molecule has 1 aromatic heterocycles. The molecule has 21 heavy (non-hydrogen) atoms. The van der Waals surface area contributed by atoms with Gasteiger partial charge in [0.25, 0.3) is 0 Å². The van der Waals surface area contributed by atoms with Gasteiger partial charge < -0.3 is 10.3 Å².